The van der Waals surface area contributed by atoms with Crippen LogP contribution in [0.4, 0.5) is 11.5 Å². The summed E-state index contributed by atoms with van der Waals surface area (Å²) in [5, 5.41) is 22.3. The van der Waals surface area contributed by atoms with Crippen LogP contribution in [0.15, 0.2) is 0 Å². The zero-order chi connectivity index (χ0) is 15.6. The number of nitrogens with one attached hydrogen (secondary N) is 2. The number of nitrogens with zero attached hydrogens (tertiary/aromatic N) is 3. The van der Waals surface area contributed by atoms with Gasteiger partial charge in [-0.05, 0) is 52.1 Å². The van der Waals surface area contributed by atoms with Gasteiger partial charge >= 0.3 is 5.69 Å². The maximum Gasteiger partial charge on any atom is 0.333 e. The lowest BCUT2D eigenvalue weighted by molar-refractivity contribution is -0.384. The fraction of sp³-hybridized carbons (Fsp3) is 0.786. The highest BCUT2D eigenvalue weighted by atomic mass is 16.6. The minimum absolute atomic E-state index is 0.0840. The van der Waals surface area contributed by atoms with Gasteiger partial charge in [-0.25, -0.2) is 4.68 Å². The van der Waals surface area contributed by atoms with E-state index >= 15 is 0 Å². The van der Waals surface area contributed by atoms with Gasteiger partial charge in [0, 0.05) is 12.6 Å². The molecule has 0 amide bonds. The van der Waals surface area contributed by atoms with Crippen molar-refractivity contribution >= 4 is 11.5 Å². The van der Waals surface area contributed by atoms with Crippen molar-refractivity contribution in [1.29, 1.82) is 0 Å². The van der Waals surface area contributed by atoms with Gasteiger partial charge in [-0.3, -0.25) is 10.1 Å². The molecule has 1 aliphatic heterocycles. The fourth-order valence-corrected chi connectivity index (χ4v) is 2.80. The standard InChI is InChI=1S/C14H25N5O2/c1-10(2)18-13(12(19(20)21)11(3)17-18)16-9-14(4)5-7-15-8-6-14/h10,15-16H,5-9H2,1-4H3. The molecule has 1 aliphatic rings. The first-order chi connectivity index (χ1) is 9.84. The Hall–Kier alpha value is -1.63. The fourth-order valence-electron chi connectivity index (χ4n) is 2.80. The molecule has 1 aromatic heterocycles. The summed E-state index contributed by atoms with van der Waals surface area (Å²) in [5.74, 6) is 0.534. The van der Waals surface area contributed by atoms with Crippen molar-refractivity contribution < 1.29 is 4.92 Å². The highest BCUT2D eigenvalue weighted by Gasteiger charge is 2.31. The van der Waals surface area contributed by atoms with Gasteiger partial charge in [-0.2, -0.15) is 5.10 Å². The van der Waals surface area contributed by atoms with Crippen LogP contribution in [-0.2, 0) is 0 Å². The quantitative estimate of drug-likeness (QED) is 0.644. The summed E-state index contributed by atoms with van der Waals surface area (Å²) in [4.78, 5) is 11.0. The Balaban J connectivity index is 2.23. The minimum atomic E-state index is -0.339. The van der Waals surface area contributed by atoms with Crippen molar-refractivity contribution in [1.82, 2.24) is 15.1 Å². The lowest BCUT2D eigenvalue weighted by Crippen LogP contribution is -2.39. The van der Waals surface area contributed by atoms with E-state index in [2.05, 4.69) is 22.7 Å². The molecule has 0 aromatic carbocycles. The molecular formula is C14H25N5O2. The first-order valence-electron chi connectivity index (χ1n) is 7.52. The third-order valence-electron chi connectivity index (χ3n) is 4.22. The normalized spacial score (nSPS) is 18.0. The van der Waals surface area contributed by atoms with E-state index in [1.165, 1.54) is 0 Å². The molecule has 2 N–H and O–H groups in total. The highest BCUT2D eigenvalue weighted by Crippen LogP contribution is 2.33. The molecule has 7 nitrogen and oxygen atoms in total. The smallest absolute Gasteiger partial charge is 0.333 e. The molecule has 21 heavy (non-hydrogen) atoms. The molecule has 2 heterocycles. The molecule has 0 radical (unpaired) electrons. The minimum Gasteiger partial charge on any atom is -0.364 e. The topological polar surface area (TPSA) is 85.0 Å². The lowest BCUT2D eigenvalue weighted by atomic mass is 9.81. The maximum absolute atomic E-state index is 11.3. The molecule has 0 aliphatic carbocycles. The van der Waals surface area contributed by atoms with Crippen molar-refractivity contribution in [3.63, 3.8) is 0 Å². The number of aromatic nitrogens is 2. The molecule has 0 bridgehead atoms. The van der Waals surface area contributed by atoms with Gasteiger partial charge in [0.2, 0.25) is 5.82 Å². The summed E-state index contributed by atoms with van der Waals surface area (Å²) >= 11 is 0. The average molecular weight is 295 g/mol. The zero-order valence-corrected chi connectivity index (χ0v) is 13.3. The number of rotatable bonds is 5. The van der Waals surface area contributed by atoms with Crippen LogP contribution < -0.4 is 10.6 Å². The molecule has 0 spiro atoms. The van der Waals surface area contributed by atoms with Crippen molar-refractivity contribution in [3.05, 3.63) is 15.8 Å². The Morgan fingerprint density at radius 1 is 1.48 bits per heavy atom. The summed E-state index contributed by atoms with van der Waals surface area (Å²) in [6, 6.07) is 0.0840. The summed E-state index contributed by atoms with van der Waals surface area (Å²) in [7, 11) is 0. The van der Waals surface area contributed by atoms with Crippen LogP contribution in [0.2, 0.25) is 0 Å². The number of hydrogen-bond donors (Lipinski definition) is 2. The number of piperidine rings is 1. The Labute approximate surface area is 125 Å². The van der Waals surface area contributed by atoms with Crippen molar-refractivity contribution in [3.8, 4) is 0 Å². The van der Waals surface area contributed by atoms with Crippen LogP contribution >= 0.6 is 0 Å². The van der Waals surface area contributed by atoms with Gasteiger partial charge in [0.25, 0.3) is 0 Å². The molecule has 0 atom stereocenters. The molecule has 1 aromatic rings. The Morgan fingerprint density at radius 2 is 2.10 bits per heavy atom. The predicted molar refractivity (Wildman–Crippen MR) is 82.7 cm³/mol. The van der Waals surface area contributed by atoms with E-state index in [9.17, 15) is 10.1 Å². The second-order valence-electron chi connectivity index (χ2n) is 6.49. The second kappa shape index (κ2) is 6.01. The average Bonchev–Trinajstić information content (AvgIpc) is 2.74. The molecule has 1 fully saturated rings. The molecular weight excluding hydrogens is 270 g/mol. The third-order valence-corrected chi connectivity index (χ3v) is 4.22. The van der Waals surface area contributed by atoms with Gasteiger partial charge in [0.05, 0.1) is 4.92 Å². The first kappa shape index (κ1) is 15.8. The molecule has 1 saturated heterocycles. The summed E-state index contributed by atoms with van der Waals surface area (Å²) in [6.07, 6.45) is 2.14. The Bertz CT molecular complexity index is 518. The summed E-state index contributed by atoms with van der Waals surface area (Å²) in [5.41, 5.74) is 0.729. The summed E-state index contributed by atoms with van der Waals surface area (Å²) < 4.78 is 1.72. The van der Waals surface area contributed by atoms with Gasteiger partial charge in [0.15, 0.2) is 0 Å². The van der Waals surface area contributed by atoms with Gasteiger partial charge in [-0.1, -0.05) is 6.92 Å². The van der Waals surface area contributed by atoms with Crippen molar-refractivity contribution in [2.75, 3.05) is 25.0 Å². The van der Waals surface area contributed by atoms with Gasteiger partial charge < -0.3 is 10.6 Å². The van der Waals surface area contributed by atoms with Crippen LogP contribution in [0.5, 0.6) is 0 Å². The van der Waals surface area contributed by atoms with Gasteiger partial charge in [0.1, 0.15) is 5.69 Å². The second-order valence-corrected chi connectivity index (χ2v) is 6.49. The molecule has 0 saturated carbocycles. The van der Waals surface area contributed by atoms with E-state index in [1.807, 2.05) is 13.8 Å². The molecule has 2 rings (SSSR count). The van der Waals surface area contributed by atoms with Crippen LogP contribution in [-0.4, -0.2) is 34.3 Å². The van der Waals surface area contributed by atoms with E-state index in [1.54, 1.807) is 11.6 Å². The summed E-state index contributed by atoms with van der Waals surface area (Å²) in [6.45, 7) is 10.6. The first-order valence-corrected chi connectivity index (χ1v) is 7.52. The van der Waals surface area contributed by atoms with Crippen molar-refractivity contribution in [2.45, 2.75) is 46.6 Å². The largest absolute Gasteiger partial charge is 0.364 e. The maximum atomic E-state index is 11.3. The molecule has 7 heteroatoms. The van der Waals surface area contributed by atoms with E-state index < -0.39 is 0 Å². The molecule has 118 valence electrons. The van der Waals surface area contributed by atoms with E-state index in [0.717, 1.165) is 32.5 Å². The SMILES string of the molecule is Cc1nn(C(C)C)c(NCC2(C)CCNCC2)c1[N+](=O)[O-]. The highest BCUT2D eigenvalue weighted by molar-refractivity contribution is 5.59. The van der Waals surface area contributed by atoms with Crippen molar-refractivity contribution in [2.24, 2.45) is 5.41 Å². The lowest BCUT2D eigenvalue weighted by Gasteiger charge is -2.34. The van der Waals surface area contributed by atoms with E-state index in [-0.39, 0.29) is 22.1 Å². The van der Waals surface area contributed by atoms with E-state index in [0.29, 0.717) is 11.5 Å². The van der Waals surface area contributed by atoms with Crippen LogP contribution in [0.25, 0.3) is 0 Å². The number of aryl methyl sites for hydroxylation is 1. The van der Waals surface area contributed by atoms with Crippen LogP contribution in [0, 0.1) is 22.5 Å². The van der Waals surface area contributed by atoms with Crippen LogP contribution in [0.3, 0.4) is 0 Å². The third kappa shape index (κ3) is 3.34. The number of hydrogen-bond acceptors (Lipinski definition) is 5. The number of anilines is 1. The Kier molecular flexibility index (Phi) is 4.51. The zero-order valence-electron chi connectivity index (χ0n) is 13.3. The predicted octanol–water partition coefficient (Wildman–Crippen LogP) is 2.48. The molecule has 0 unspecified atom stereocenters. The number of nitro groups is 1. The Morgan fingerprint density at radius 3 is 2.62 bits per heavy atom. The van der Waals surface area contributed by atoms with Gasteiger partial charge in [-0.15, -0.1) is 0 Å². The van der Waals surface area contributed by atoms with E-state index in [4.69, 9.17) is 0 Å². The monoisotopic (exact) mass is 295 g/mol. The van der Waals surface area contributed by atoms with Crippen LogP contribution in [0.1, 0.15) is 45.3 Å².